The van der Waals surface area contributed by atoms with Crippen LogP contribution in [0.5, 0.6) is 0 Å². The van der Waals surface area contributed by atoms with Gasteiger partial charge in [0.2, 0.25) is 5.91 Å². The first kappa shape index (κ1) is 44.6. The molecule has 0 bridgehead atoms. The van der Waals surface area contributed by atoms with E-state index >= 15 is 0 Å². The van der Waals surface area contributed by atoms with Gasteiger partial charge in [-0.25, -0.2) is 0 Å². The van der Waals surface area contributed by atoms with Crippen LogP contribution in [0.2, 0.25) is 0 Å². The van der Waals surface area contributed by atoms with Crippen LogP contribution in [0.3, 0.4) is 0 Å². The summed E-state index contributed by atoms with van der Waals surface area (Å²) in [4.78, 5) is 13.2. The summed E-state index contributed by atoms with van der Waals surface area (Å²) >= 11 is 0. The number of hydrogen-bond acceptors (Lipinski definition) is 8. The molecular formula is C41H73NO8. The second-order valence-electron chi connectivity index (χ2n) is 14.8. The Morgan fingerprint density at radius 1 is 0.680 bits per heavy atom. The van der Waals surface area contributed by atoms with Crippen LogP contribution in [0, 0.1) is 0 Å². The van der Waals surface area contributed by atoms with Gasteiger partial charge in [0, 0.05) is 6.42 Å². The van der Waals surface area contributed by atoms with Crippen LogP contribution in [-0.2, 0) is 27.1 Å². The quantitative estimate of drug-likeness (QED) is 0.0486. The molecule has 1 aromatic carbocycles. The molecule has 0 aromatic heterocycles. The first-order chi connectivity index (χ1) is 24.3. The Labute approximate surface area is 303 Å². The van der Waals surface area contributed by atoms with E-state index < -0.39 is 49.5 Å². The fourth-order valence-corrected chi connectivity index (χ4v) is 6.81. The minimum atomic E-state index is -1.57. The summed E-state index contributed by atoms with van der Waals surface area (Å²) in [6.07, 6.45) is 18.7. The molecule has 1 aliphatic heterocycles. The molecule has 0 aliphatic carbocycles. The number of carbonyl (C=O) groups excluding carboxylic acids is 1. The predicted octanol–water partition coefficient (Wildman–Crippen LogP) is 6.67. The molecule has 1 amide bonds. The average molecular weight is 708 g/mol. The average Bonchev–Trinajstić information content (AvgIpc) is 3.13. The summed E-state index contributed by atoms with van der Waals surface area (Å²) in [7, 11) is 0. The van der Waals surface area contributed by atoms with E-state index in [-0.39, 0.29) is 12.5 Å². The Morgan fingerprint density at radius 3 is 1.66 bits per heavy atom. The van der Waals surface area contributed by atoms with Gasteiger partial charge in [0.15, 0.2) is 6.29 Å². The third kappa shape index (κ3) is 17.8. The fourth-order valence-electron chi connectivity index (χ4n) is 6.81. The Hall–Kier alpha value is -1.59. The van der Waals surface area contributed by atoms with E-state index in [2.05, 4.69) is 43.4 Å². The van der Waals surface area contributed by atoms with E-state index in [4.69, 9.17) is 9.47 Å². The lowest BCUT2D eigenvalue weighted by atomic mass is 9.91. The van der Waals surface area contributed by atoms with E-state index in [0.717, 1.165) is 31.2 Å². The number of nitrogens with one attached hydrogen (secondary N) is 1. The maximum absolute atomic E-state index is 13.2. The van der Waals surface area contributed by atoms with E-state index in [1.54, 1.807) is 0 Å². The molecule has 1 heterocycles. The molecular weight excluding hydrogens is 634 g/mol. The van der Waals surface area contributed by atoms with E-state index in [1.807, 2.05) is 0 Å². The van der Waals surface area contributed by atoms with Gasteiger partial charge in [0.05, 0.1) is 25.4 Å². The molecule has 6 atom stereocenters. The van der Waals surface area contributed by atoms with Crippen molar-refractivity contribution in [2.75, 3.05) is 19.8 Å². The first-order valence-corrected chi connectivity index (χ1v) is 20.2. The zero-order valence-electron chi connectivity index (χ0n) is 31.5. The summed E-state index contributed by atoms with van der Waals surface area (Å²) in [5.74, 6) is -0.172. The summed E-state index contributed by atoms with van der Waals surface area (Å²) in [6, 6.07) is 8.50. The van der Waals surface area contributed by atoms with Crippen LogP contribution < -0.4 is 5.32 Å². The molecule has 2 rings (SSSR count). The van der Waals surface area contributed by atoms with Crippen LogP contribution in [0.1, 0.15) is 160 Å². The molecule has 0 spiro atoms. The molecule has 50 heavy (non-hydrogen) atoms. The standard InChI is InChI=1S/C41H73NO8/c1-3-5-7-9-11-12-13-14-15-16-17-19-21-23-36(45)42-41(31-44,32-49-40-39(48)38(47)37(46)35(30-43)50-40)29-28-34-26-24-33(25-27-34)22-20-18-10-8-6-4-2/h24-27,35,37-40,43-44,46-48H,3-23,28-32H2,1-2H3,(H,42,45)/t35-,37-,38+,39+,40+,41?/m1/s1. The highest BCUT2D eigenvalue weighted by molar-refractivity contribution is 5.76. The smallest absolute Gasteiger partial charge is 0.220 e. The van der Waals surface area contributed by atoms with Crippen molar-refractivity contribution in [3.63, 3.8) is 0 Å². The molecule has 1 fully saturated rings. The maximum atomic E-state index is 13.2. The second-order valence-corrected chi connectivity index (χ2v) is 14.8. The summed E-state index contributed by atoms with van der Waals surface area (Å²) in [6.45, 7) is 3.33. The highest BCUT2D eigenvalue weighted by atomic mass is 16.7. The normalized spacial score (nSPS) is 22.0. The third-order valence-corrected chi connectivity index (χ3v) is 10.3. The van der Waals surface area contributed by atoms with Crippen molar-refractivity contribution in [3.05, 3.63) is 35.4 Å². The van der Waals surface area contributed by atoms with Gasteiger partial charge in [-0.1, -0.05) is 147 Å². The van der Waals surface area contributed by atoms with Crippen LogP contribution >= 0.6 is 0 Å². The molecule has 0 radical (unpaired) electrons. The van der Waals surface area contributed by atoms with Crippen molar-refractivity contribution >= 4 is 5.91 Å². The van der Waals surface area contributed by atoms with Gasteiger partial charge < -0.3 is 40.3 Å². The first-order valence-electron chi connectivity index (χ1n) is 20.2. The number of aliphatic hydroxyl groups is 5. The van der Waals surface area contributed by atoms with Gasteiger partial charge in [-0.3, -0.25) is 4.79 Å². The molecule has 0 saturated carbocycles. The SMILES string of the molecule is CCCCCCCCCCCCCCCC(=O)NC(CO)(CCc1ccc(CCCCCCCC)cc1)CO[C@H]1O[C@H](CO)[C@@H](O)[C@H](O)[C@@H]1O. The van der Waals surface area contributed by atoms with Gasteiger partial charge in [-0.05, 0) is 43.2 Å². The number of hydrogen-bond donors (Lipinski definition) is 6. The summed E-state index contributed by atoms with van der Waals surface area (Å²) in [5, 5.41) is 54.2. The van der Waals surface area contributed by atoms with Crippen LogP contribution in [0.25, 0.3) is 0 Å². The highest BCUT2D eigenvalue weighted by Gasteiger charge is 2.45. The predicted molar refractivity (Wildman–Crippen MR) is 200 cm³/mol. The van der Waals surface area contributed by atoms with Crippen molar-refractivity contribution in [1.29, 1.82) is 0 Å². The molecule has 1 saturated heterocycles. The number of unbranched alkanes of at least 4 members (excludes halogenated alkanes) is 17. The minimum absolute atomic E-state index is 0.172. The zero-order chi connectivity index (χ0) is 36.5. The van der Waals surface area contributed by atoms with Crippen molar-refractivity contribution in [2.24, 2.45) is 0 Å². The van der Waals surface area contributed by atoms with E-state index in [0.29, 0.717) is 19.3 Å². The number of amides is 1. The van der Waals surface area contributed by atoms with Crippen LogP contribution in [0.4, 0.5) is 0 Å². The lowest BCUT2D eigenvalue weighted by Gasteiger charge is -2.41. The van der Waals surface area contributed by atoms with Crippen molar-refractivity contribution in [3.8, 4) is 0 Å². The minimum Gasteiger partial charge on any atom is -0.394 e. The van der Waals surface area contributed by atoms with Crippen molar-refractivity contribution < 1.29 is 39.8 Å². The van der Waals surface area contributed by atoms with Gasteiger partial charge >= 0.3 is 0 Å². The number of aliphatic hydroxyl groups excluding tert-OH is 5. The highest BCUT2D eigenvalue weighted by Crippen LogP contribution is 2.25. The van der Waals surface area contributed by atoms with Gasteiger partial charge in [-0.15, -0.1) is 0 Å². The zero-order valence-corrected chi connectivity index (χ0v) is 31.5. The Balaban J connectivity index is 1.88. The largest absolute Gasteiger partial charge is 0.394 e. The number of ether oxygens (including phenoxy) is 2. The fraction of sp³-hybridized carbons (Fsp3) is 0.829. The number of rotatable bonds is 30. The lowest BCUT2D eigenvalue weighted by Crippen LogP contribution is -2.61. The molecule has 1 aromatic rings. The third-order valence-electron chi connectivity index (χ3n) is 10.3. The van der Waals surface area contributed by atoms with E-state index in [9.17, 15) is 30.3 Å². The molecule has 290 valence electrons. The monoisotopic (exact) mass is 708 g/mol. The maximum Gasteiger partial charge on any atom is 0.220 e. The van der Waals surface area contributed by atoms with Crippen molar-refractivity contribution in [2.45, 2.75) is 198 Å². The topological polar surface area (TPSA) is 149 Å². The second kappa shape index (κ2) is 27.1. The van der Waals surface area contributed by atoms with Crippen LogP contribution in [0.15, 0.2) is 24.3 Å². The molecule has 9 heteroatoms. The molecule has 9 nitrogen and oxygen atoms in total. The van der Waals surface area contributed by atoms with Gasteiger partial charge in [0.25, 0.3) is 0 Å². The molecule has 1 aliphatic rings. The summed E-state index contributed by atoms with van der Waals surface area (Å²) in [5.41, 5.74) is 1.21. The Kier molecular flexibility index (Phi) is 24.1. The number of benzene rings is 1. The summed E-state index contributed by atoms with van der Waals surface area (Å²) < 4.78 is 11.4. The van der Waals surface area contributed by atoms with Gasteiger partial charge in [0.1, 0.15) is 24.4 Å². The number of carbonyl (C=O) groups is 1. The van der Waals surface area contributed by atoms with Gasteiger partial charge in [-0.2, -0.15) is 0 Å². The van der Waals surface area contributed by atoms with E-state index in [1.165, 1.54) is 108 Å². The van der Waals surface area contributed by atoms with Crippen molar-refractivity contribution in [1.82, 2.24) is 5.32 Å². The van der Waals surface area contributed by atoms with Crippen LogP contribution in [-0.4, -0.2) is 87.5 Å². The molecule has 1 unspecified atom stereocenters. The molecule has 6 N–H and O–H groups in total. The lowest BCUT2D eigenvalue weighted by molar-refractivity contribution is -0.304. The Bertz CT molecular complexity index is 976. The number of aryl methyl sites for hydroxylation is 2. The Morgan fingerprint density at radius 2 is 1.16 bits per heavy atom.